The Bertz CT molecular complexity index is 546. The van der Waals surface area contributed by atoms with Crippen LogP contribution in [0.1, 0.15) is 6.42 Å². The van der Waals surface area contributed by atoms with E-state index in [-0.39, 0.29) is 18.3 Å². The minimum atomic E-state index is -0.220. The first kappa shape index (κ1) is 20.0. The Balaban J connectivity index is 2.33. The molecule has 0 aliphatic heterocycles. The zero-order valence-electron chi connectivity index (χ0n) is 14.2. The van der Waals surface area contributed by atoms with Crippen LogP contribution < -0.4 is 10.6 Å². The zero-order valence-corrected chi connectivity index (χ0v) is 15.0. The fourth-order valence-electron chi connectivity index (χ4n) is 1.63. The summed E-state index contributed by atoms with van der Waals surface area (Å²) in [5.74, 6) is 1.23. The quantitative estimate of drug-likeness (QED) is 0.235. The average molecular weight is 352 g/mol. The van der Waals surface area contributed by atoms with Gasteiger partial charge in [-0.15, -0.1) is 18.3 Å². The van der Waals surface area contributed by atoms with Gasteiger partial charge in [0.25, 0.3) is 0 Å². The zero-order chi connectivity index (χ0) is 17.8. The van der Waals surface area contributed by atoms with E-state index in [1.54, 1.807) is 44.1 Å². The van der Waals surface area contributed by atoms with Crippen molar-refractivity contribution in [2.75, 3.05) is 39.5 Å². The maximum absolute atomic E-state index is 12.8. The van der Waals surface area contributed by atoms with Crippen molar-refractivity contribution in [2.45, 2.75) is 11.3 Å². The summed E-state index contributed by atoms with van der Waals surface area (Å²) < 4.78 is 12.8. The summed E-state index contributed by atoms with van der Waals surface area (Å²) in [5.41, 5.74) is 0. The molecular formula is C17H25FN4OS. The number of aliphatic imine (C=N–C) groups is 1. The van der Waals surface area contributed by atoms with E-state index in [2.05, 4.69) is 22.2 Å². The van der Waals surface area contributed by atoms with E-state index in [0.717, 1.165) is 23.6 Å². The lowest BCUT2D eigenvalue weighted by atomic mass is 10.4. The molecule has 132 valence electrons. The maximum atomic E-state index is 12.8. The second-order valence-electron chi connectivity index (χ2n) is 5.21. The third kappa shape index (κ3) is 8.57. The summed E-state index contributed by atoms with van der Waals surface area (Å²) in [6.45, 7) is 5.06. The van der Waals surface area contributed by atoms with Crippen molar-refractivity contribution in [3.63, 3.8) is 0 Å². The molecule has 0 spiro atoms. The van der Waals surface area contributed by atoms with Crippen molar-refractivity contribution < 1.29 is 9.18 Å². The molecule has 5 nitrogen and oxygen atoms in total. The molecule has 7 heteroatoms. The Hall–Kier alpha value is -2.02. The molecule has 1 rings (SSSR count). The van der Waals surface area contributed by atoms with Gasteiger partial charge in [-0.25, -0.2) is 9.38 Å². The lowest BCUT2D eigenvalue weighted by molar-refractivity contribution is -0.127. The van der Waals surface area contributed by atoms with Crippen LogP contribution in [-0.2, 0) is 4.79 Å². The van der Waals surface area contributed by atoms with Crippen molar-refractivity contribution in [1.82, 2.24) is 15.5 Å². The van der Waals surface area contributed by atoms with Gasteiger partial charge in [-0.1, -0.05) is 6.08 Å². The van der Waals surface area contributed by atoms with Crippen molar-refractivity contribution in [2.24, 2.45) is 4.99 Å². The van der Waals surface area contributed by atoms with E-state index in [1.807, 2.05) is 0 Å². The summed E-state index contributed by atoms with van der Waals surface area (Å²) in [5, 5.41) is 6.27. The van der Waals surface area contributed by atoms with Gasteiger partial charge >= 0.3 is 0 Å². The molecule has 24 heavy (non-hydrogen) atoms. The Morgan fingerprint density at radius 3 is 2.67 bits per heavy atom. The number of halogens is 1. The van der Waals surface area contributed by atoms with Crippen LogP contribution in [0.15, 0.2) is 46.8 Å². The van der Waals surface area contributed by atoms with Crippen LogP contribution in [0.25, 0.3) is 0 Å². The maximum Gasteiger partial charge on any atom is 0.243 e. The van der Waals surface area contributed by atoms with Crippen LogP contribution in [0, 0.1) is 5.82 Å². The number of likely N-dealkylation sites (N-methyl/N-ethyl adjacent to an activating group) is 1. The first-order chi connectivity index (χ1) is 11.5. The summed E-state index contributed by atoms with van der Waals surface area (Å²) in [7, 11) is 3.41. The third-order valence-corrected chi connectivity index (χ3v) is 4.08. The van der Waals surface area contributed by atoms with Gasteiger partial charge < -0.3 is 15.5 Å². The lowest BCUT2D eigenvalue weighted by Gasteiger charge is -2.12. The number of carbonyl (C=O) groups excluding carboxylic acids is 1. The van der Waals surface area contributed by atoms with Gasteiger partial charge in [0.05, 0.1) is 0 Å². The third-order valence-electron chi connectivity index (χ3n) is 2.98. The highest BCUT2D eigenvalue weighted by Gasteiger charge is 2.04. The molecule has 0 saturated heterocycles. The van der Waals surface area contributed by atoms with E-state index >= 15 is 0 Å². The second-order valence-corrected chi connectivity index (χ2v) is 6.37. The van der Waals surface area contributed by atoms with Gasteiger partial charge in [-0.05, 0) is 36.4 Å². The van der Waals surface area contributed by atoms with E-state index in [4.69, 9.17) is 0 Å². The number of amides is 1. The smallest absolute Gasteiger partial charge is 0.243 e. The number of rotatable bonds is 9. The topological polar surface area (TPSA) is 56.7 Å². The molecule has 0 radical (unpaired) electrons. The summed E-state index contributed by atoms with van der Waals surface area (Å²) in [4.78, 5) is 18.4. The first-order valence-corrected chi connectivity index (χ1v) is 8.73. The standard InChI is InChI=1S/C17H25FN4OS/c1-4-10-19-17(21-13-16(23)22(2)3)20-11-5-12-24-15-8-6-14(18)7-9-15/h4,6-9H,1,5,10-13H2,2-3H3,(H2,19,20,21). The fourth-order valence-corrected chi connectivity index (χ4v) is 2.48. The largest absolute Gasteiger partial charge is 0.356 e. The average Bonchev–Trinajstić information content (AvgIpc) is 2.57. The number of nitrogens with zero attached hydrogens (tertiary/aromatic N) is 2. The number of benzene rings is 1. The molecule has 1 amide bonds. The monoisotopic (exact) mass is 352 g/mol. The minimum absolute atomic E-state index is 0.0541. The predicted molar refractivity (Wildman–Crippen MR) is 98.9 cm³/mol. The highest BCUT2D eigenvalue weighted by Crippen LogP contribution is 2.18. The lowest BCUT2D eigenvalue weighted by Crippen LogP contribution is -2.39. The Labute approximate surface area is 147 Å². The number of guanidine groups is 1. The van der Waals surface area contributed by atoms with Gasteiger partial charge in [-0.3, -0.25) is 4.79 Å². The van der Waals surface area contributed by atoms with Crippen molar-refractivity contribution >= 4 is 23.6 Å². The molecule has 0 fully saturated rings. The van der Waals surface area contributed by atoms with Gasteiger partial charge in [0, 0.05) is 32.1 Å². The molecule has 0 atom stereocenters. The summed E-state index contributed by atoms with van der Waals surface area (Å²) >= 11 is 1.68. The molecule has 0 saturated carbocycles. The number of thioether (sulfide) groups is 1. The van der Waals surface area contributed by atoms with Crippen LogP contribution >= 0.6 is 11.8 Å². The Morgan fingerprint density at radius 2 is 2.04 bits per heavy atom. The van der Waals surface area contributed by atoms with E-state index in [9.17, 15) is 9.18 Å². The number of hydrogen-bond donors (Lipinski definition) is 2. The molecular weight excluding hydrogens is 327 g/mol. The van der Waals surface area contributed by atoms with E-state index < -0.39 is 0 Å². The molecule has 0 aromatic heterocycles. The summed E-state index contributed by atoms with van der Waals surface area (Å²) in [6.07, 6.45) is 2.65. The Morgan fingerprint density at radius 1 is 1.33 bits per heavy atom. The minimum Gasteiger partial charge on any atom is -0.356 e. The molecule has 0 heterocycles. The van der Waals surface area contributed by atoms with Crippen LogP contribution in [0.3, 0.4) is 0 Å². The number of nitrogens with one attached hydrogen (secondary N) is 2. The first-order valence-electron chi connectivity index (χ1n) is 7.74. The van der Waals surface area contributed by atoms with Gasteiger partial charge in [0.2, 0.25) is 5.91 Å². The number of hydrogen-bond acceptors (Lipinski definition) is 3. The van der Waals surface area contributed by atoms with Crippen LogP contribution in [0.5, 0.6) is 0 Å². The van der Waals surface area contributed by atoms with E-state index in [1.165, 1.54) is 17.0 Å². The molecule has 0 unspecified atom stereocenters. The highest BCUT2D eigenvalue weighted by molar-refractivity contribution is 7.99. The molecule has 0 aliphatic rings. The van der Waals surface area contributed by atoms with E-state index in [0.29, 0.717) is 12.5 Å². The fraction of sp³-hybridized carbons (Fsp3) is 0.412. The molecule has 0 aliphatic carbocycles. The second kappa shape index (κ2) is 11.5. The SMILES string of the molecule is C=CCNC(=NCC(=O)N(C)C)NCCCSc1ccc(F)cc1. The molecule has 2 N–H and O–H groups in total. The van der Waals surface area contributed by atoms with Crippen LogP contribution in [0.2, 0.25) is 0 Å². The predicted octanol–water partition coefficient (Wildman–Crippen LogP) is 2.12. The van der Waals surface area contributed by atoms with Gasteiger partial charge in [-0.2, -0.15) is 0 Å². The van der Waals surface area contributed by atoms with Crippen molar-refractivity contribution in [1.29, 1.82) is 0 Å². The van der Waals surface area contributed by atoms with Crippen LogP contribution in [0.4, 0.5) is 4.39 Å². The molecule has 1 aromatic carbocycles. The van der Waals surface area contributed by atoms with Crippen molar-refractivity contribution in [3.8, 4) is 0 Å². The normalized spacial score (nSPS) is 11.0. The number of carbonyl (C=O) groups is 1. The highest BCUT2D eigenvalue weighted by atomic mass is 32.2. The Kier molecular flexibility index (Phi) is 9.60. The molecule has 0 bridgehead atoms. The van der Waals surface area contributed by atoms with Gasteiger partial charge in [0.15, 0.2) is 5.96 Å². The van der Waals surface area contributed by atoms with Crippen LogP contribution in [-0.4, -0.2) is 56.2 Å². The summed E-state index contributed by atoms with van der Waals surface area (Å²) in [6, 6.07) is 6.48. The van der Waals surface area contributed by atoms with Gasteiger partial charge in [0.1, 0.15) is 12.4 Å². The molecule has 1 aromatic rings. The van der Waals surface area contributed by atoms with Crippen molar-refractivity contribution in [3.05, 3.63) is 42.7 Å².